The van der Waals surface area contributed by atoms with Gasteiger partial charge < -0.3 is 15.5 Å². The molecule has 0 saturated heterocycles. The maximum Gasteiger partial charge on any atom is 0.220 e. The van der Waals surface area contributed by atoms with Gasteiger partial charge in [-0.25, -0.2) is 0 Å². The molecule has 0 aliphatic rings. The standard InChI is InChI=1S/C46H77NO3/c1-3-5-7-9-11-13-15-16-17-18-19-20-21-22-23-24-25-26-27-28-29-30-32-34-36-38-40-42-46(50)47-44(43-48)45(49)41-39-37-35-33-31-14-12-10-8-6-4-2/h5,7,11,13,16-17,19-20,22-23,25-26,31,33,39,41,44-45,48-49H,3-4,6,8-10,12,14-15,18,21,24,27-30,32,34-38,40,42-43H2,1-2H3,(H,47,50)/b7-5-,13-11-,17-16-,20-19-,23-22-,26-25-,33-31+,41-39+. The van der Waals surface area contributed by atoms with E-state index in [-0.39, 0.29) is 12.5 Å². The predicted octanol–water partition coefficient (Wildman–Crippen LogP) is 12.7. The lowest BCUT2D eigenvalue weighted by Gasteiger charge is -2.19. The Morgan fingerprint density at radius 1 is 0.500 bits per heavy atom. The van der Waals surface area contributed by atoms with Gasteiger partial charge in [-0.1, -0.05) is 175 Å². The van der Waals surface area contributed by atoms with Gasteiger partial charge in [-0.3, -0.25) is 4.79 Å². The van der Waals surface area contributed by atoms with Crippen molar-refractivity contribution in [2.45, 2.75) is 180 Å². The molecule has 0 heterocycles. The van der Waals surface area contributed by atoms with Crippen LogP contribution in [0, 0.1) is 0 Å². The number of amides is 1. The van der Waals surface area contributed by atoms with Gasteiger partial charge in [0.2, 0.25) is 5.91 Å². The maximum atomic E-state index is 12.3. The van der Waals surface area contributed by atoms with Crippen molar-refractivity contribution < 1.29 is 15.0 Å². The van der Waals surface area contributed by atoms with Crippen LogP contribution in [0.25, 0.3) is 0 Å². The average Bonchev–Trinajstić information content (AvgIpc) is 3.12. The largest absolute Gasteiger partial charge is 0.394 e. The molecule has 4 heteroatoms. The summed E-state index contributed by atoms with van der Waals surface area (Å²) < 4.78 is 0. The van der Waals surface area contributed by atoms with E-state index in [0.29, 0.717) is 6.42 Å². The minimum atomic E-state index is -0.870. The molecule has 50 heavy (non-hydrogen) atoms. The molecule has 2 unspecified atom stereocenters. The van der Waals surface area contributed by atoms with Gasteiger partial charge >= 0.3 is 0 Å². The van der Waals surface area contributed by atoms with E-state index < -0.39 is 12.1 Å². The first-order valence-electron chi connectivity index (χ1n) is 20.5. The lowest BCUT2D eigenvalue weighted by molar-refractivity contribution is -0.123. The minimum absolute atomic E-state index is 0.0900. The summed E-state index contributed by atoms with van der Waals surface area (Å²) in [5, 5.41) is 22.9. The summed E-state index contributed by atoms with van der Waals surface area (Å²) in [5.41, 5.74) is 0. The van der Waals surface area contributed by atoms with Crippen LogP contribution in [0.15, 0.2) is 97.2 Å². The van der Waals surface area contributed by atoms with Crippen molar-refractivity contribution in [2.24, 2.45) is 0 Å². The molecule has 0 aliphatic carbocycles. The number of nitrogens with one attached hydrogen (secondary N) is 1. The fourth-order valence-corrected chi connectivity index (χ4v) is 5.43. The summed E-state index contributed by atoms with van der Waals surface area (Å²) >= 11 is 0. The lowest BCUT2D eigenvalue weighted by atomic mass is 10.1. The first-order chi connectivity index (χ1) is 24.7. The molecule has 1 amide bonds. The molecule has 0 aliphatic heterocycles. The Morgan fingerprint density at radius 3 is 1.40 bits per heavy atom. The normalized spacial score (nSPS) is 14.1. The Labute approximate surface area is 309 Å². The molecule has 0 aromatic heterocycles. The van der Waals surface area contributed by atoms with Gasteiger partial charge in [0.05, 0.1) is 18.8 Å². The highest BCUT2D eigenvalue weighted by atomic mass is 16.3. The highest BCUT2D eigenvalue weighted by Gasteiger charge is 2.17. The third kappa shape index (κ3) is 36.6. The van der Waals surface area contributed by atoms with E-state index in [9.17, 15) is 15.0 Å². The molecule has 0 rings (SSSR count). The fourth-order valence-electron chi connectivity index (χ4n) is 5.43. The number of unbranched alkanes of at least 4 members (excludes halogenated alkanes) is 14. The second kappa shape index (κ2) is 40.7. The van der Waals surface area contributed by atoms with Gasteiger partial charge in [-0.05, 0) is 83.5 Å². The number of rotatable bonds is 35. The molecule has 2 atom stereocenters. The van der Waals surface area contributed by atoms with Crippen molar-refractivity contribution >= 4 is 5.91 Å². The van der Waals surface area contributed by atoms with E-state index >= 15 is 0 Å². The van der Waals surface area contributed by atoms with E-state index in [0.717, 1.165) is 83.5 Å². The number of allylic oxidation sites excluding steroid dienone is 15. The SMILES string of the molecule is CC/C=C\C/C=C\C/C=C\C/C=C\C/C=C\C/C=C\CCCCCCCCCCC(=O)NC(CO)C(O)/C=C/CC/C=C/CCCCCCC. The van der Waals surface area contributed by atoms with Crippen molar-refractivity contribution in [1.82, 2.24) is 5.32 Å². The number of hydrogen-bond acceptors (Lipinski definition) is 3. The third-order valence-corrected chi connectivity index (χ3v) is 8.55. The fraction of sp³-hybridized carbons (Fsp3) is 0.630. The van der Waals surface area contributed by atoms with Crippen LogP contribution in [0.5, 0.6) is 0 Å². The number of aliphatic hydroxyl groups is 2. The van der Waals surface area contributed by atoms with Crippen LogP contribution in [-0.4, -0.2) is 34.9 Å². The molecular weight excluding hydrogens is 615 g/mol. The molecule has 0 bridgehead atoms. The number of carbonyl (C=O) groups excluding carboxylic acids is 1. The Morgan fingerprint density at radius 2 is 0.900 bits per heavy atom. The summed E-state index contributed by atoms with van der Waals surface area (Å²) in [4.78, 5) is 12.3. The zero-order valence-electron chi connectivity index (χ0n) is 32.4. The zero-order valence-corrected chi connectivity index (χ0v) is 32.4. The predicted molar refractivity (Wildman–Crippen MR) is 220 cm³/mol. The van der Waals surface area contributed by atoms with Crippen LogP contribution in [0.2, 0.25) is 0 Å². The van der Waals surface area contributed by atoms with Crippen molar-refractivity contribution in [1.29, 1.82) is 0 Å². The van der Waals surface area contributed by atoms with Gasteiger partial charge in [0, 0.05) is 6.42 Å². The summed E-state index contributed by atoms with van der Waals surface area (Å²) in [6.07, 6.45) is 60.8. The van der Waals surface area contributed by atoms with E-state index in [4.69, 9.17) is 0 Å². The maximum absolute atomic E-state index is 12.3. The summed E-state index contributed by atoms with van der Waals surface area (Å²) in [5.74, 6) is -0.0900. The van der Waals surface area contributed by atoms with Gasteiger partial charge in [-0.2, -0.15) is 0 Å². The van der Waals surface area contributed by atoms with Crippen LogP contribution in [-0.2, 0) is 4.79 Å². The zero-order chi connectivity index (χ0) is 36.4. The molecule has 284 valence electrons. The molecular formula is C46H77NO3. The van der Waals surface area contributed by atoms with Crippen molar-refractivity contribution in [3.05, 3.63) is 97.2 Å². The molecule has 0 aromatic carbocycles. The van der Waals surface area contributed by atoms with Crippen LogP contribution in [0.4, 0.5) is 0 Å². The summed E-state index contributed by atoms with van der Waals surface area (Å²) in [6.45, 7) is 4.13. The Balaban J connectivity index is 3.67. The Kier molecular flexibility index (Phi) is 38.5. The van der Waals surface area contributed by atoms with E-state index in [1.807, 2.05) is 6.08 Å². The van der Waals surface area contributed by atoms with Gasteiger partial charge in [0.1, 0.15) is 0 Å². The summed E-state index contributed by atoms with van der Waals surface area (Å²) in [6, 6.07) is -0.648. The lowest BCUT2D eigenvalue weighted by Crippen LogP contribution is -2.45. The van der Waals surface area contributed by atoms with E-state index in [1.54, 1.807) is 6.08 Å². The minimum Gasteiger partial charge on any atom is -0.394 e. The van der Waals surface area contributed by atoms with Gasteiger partial charge in [0.15, 0.2) is 0 Å². The van der Waals surface area contributed by atoms with Gasteiger partial charge in [0.25, 0.3) is 0 Å². The molecule has 4 nitrogen and oxygen atoms in total. The highest BCUT2D eigenvalue weighted by molar-refractivity contribution is 5.76. The second-order valence-electron chi connectivity index (χ2n) is 13.3. The highest BCUT2D eigenvalue weighted by Crippen LogP contribution is 2.12. The van der Waals surface area contributed by atoms with Crippen LogP contribution in [0.3, 0.4) is 0 Å². The molecule has 0 spiro atoms. The number of aliphatic hydroxyl groups excluding tert-OH is 2. The first kappa shape index (κ1) is 47.3. The quantitative estimate of drug-likeness (QED) is 0.0458. The number of hydrogen-bond donors (Lipinski definition) is 3. The second-order valence-corrected chi connectivity index (χ2v) is 13.3. The van der Waals surface area contributed by atoms with Crippen molar-refractivity contribution in [3.8, 4) is 0 Å². The molecule has 3 N–H and O–H groups in total. The van der Waals surface area contributed by atoms with Crippen molar-refractivity contribution in [2.75, 3.05) is 6.61 Å². The molecule has 0 saturated carbocycles. The van der Waals surface area contributed by atoms with Crippen LogP contribution < -0.4 is 5.32 Å². The topological polar surface area (TPSA) is 69.6 Å². The molecule has 0 aromatic rings. The van der Waals surface area contributed by atoms with Crippen molar-refractivity contribution in [3.63, 3.8) is 0 Å². The monoisotopic (exact) mass is 692 g/mol. The van der Waals surface area contributed by atoms with Crippen LogP contribution >= 0.6 is 0 Å². The average molecular weight is 692 g/mol. The van der Waals surface area contributed by atoms with Crippen LogP contribution in [0.1, 0.15) is 168 Å². The first-order valence-corrected chi connectivity index (χ1v) is 20.5. The Hall–Kier alpha value is -2.69. The smallest absolute Gasteiger partial charge is 0.220 e. The van der Waals surface area contributed by atoms with E-state index in [2.05, 4.69) is 104 Å². The Bertz CT molecular complexity index is 968. The number of carbonyl (C=O) groups is 1. The van der Waals surface area contributed by atoms with Gasteiger partial charge in [-0.15, -0.1) is 0 Å². The molecule has 0 fully saturated rings. The van der Waals surface area contributed by atoms with E-state index in [1.165, 1.54) is 64.2 Å². The third-order valence-electron chi connectivity index (χ3n) is 8.55. The summed E-state index contributed by atoms with van der Waals surface area (Å²) in [7, 11) is 0. The molecule has 0 radical (unpaired) electrons.